The predicted octanol–water partition coefficient (Wildman–Crippen LogP) is 1.58. The van der Waals surface area contributed by atoms with E-state index in [1.807, 2.05) is 0 Å². The summed E-state index contributed by atoms with van der Waals surface area (Å²) in [6.45, 7) is 1.33. The summed E-state index contributed by atoms with van der Waals surface area (Å²) in [6, 6.07) is 7.17. The molecule has 1 amide bonds. The van der Waals surface area contributed by atoms with Crippen molar-refractivity contribution in [3.63, 3.8) is 0 Å². The van der Waals surface area contributed by atoms with Crippen LogP contribution < -0.4 is 15.7 Å². The van der Waals surface area contributed by atoms with Gasteiger partial charge in [0.2, 0.25) is 0 Å². The quantitative estimate of drug-likeness (QED) is 0.863. The van der Waals surface area contributed by atoms with Crippen LogP contribution in [0, 0.1) is 6.92 Å². The first kappa shape index (κ1) is 16.6. The smallest absolute Gasteiger partial charge is 0.337 e. The molecule has 0 saturated heterocycles. The lowest BCUT2D eigenvalue weighted by molar-refractivity contribution is -0.120. The summed E-state index contributed by atoms with van der Waals surface area (Å²) in [6.07, 6.45) is 1.01. The number of aromatic carboxylic acids is 1. The summed E-state index contributed by atoms with van der Waals surface area (Å²) in [5.74, 6) is -1.70. The molecule has 1 aromatic heterocycles. The van der Waals surface area contributed by atoms with Crippen LogP contribution in [0.25, 0.3) is 0 Å². The molecule has 2 aromatic rings. The Morgan fingerprint density at radius 2 is 2.04 bits per heavy atom. The van der Waals surface area contributed by atoms with Gasteiger partial charge in [-0.25, -0.2) is 4.79 Å². The van der Waals surface area contributed by atoms with E-state index in [0.717, 1.165) is 23.9 Å². The summed E-state index contributed by atoms with van der Waals surface area (Å²) in [4.78, 5) is 39.3. The monoisotopic (exact) mass is 336 g/mol. The first-order valence-electron chi connectivity index (χ1n) is 6.52. The average Bonchev–Trinajstić information content (AvgIpc) is 2.49. The van der Waals surface area contributed by atoms with Crippen molar-refractivity contribution in [1.29, 1.82) is 0 Å². The van der Waals surface area contributed by atoms with Gasteiger partial charge in [0.05, 0.1) is 11.8 Å². The molecule has 0 aliphatic carbocycles. The molecule has 0 bridgehead atoms. The van der Waals surface area contributed by atoms with E-state index in [-0.39, 0.29) is 5.56 Å². The molecule has 0 saturated carbocycles. The maximum Gasteiger partial charge on any atom is 0.337 e. The minimum absolute atomic E-state index is 0.126. The highest BCUT2D eigenvalue weighted by Gasteiger charge is 2.09. The fraction of sp³-hybridized carbons (Fsp3) is 0.133. The second-order valence-electron chi connectivity index (χ2n) is 4.67. The van der Waals surface area contributed by atoms with E-state index in [2.05, 4.69) is 5.32 Å². The van der Waals surface area contributed by atoms with Crippen molar-refractivity contribution >= 4 is 29.2 Å². The topological polar surface area (TPSA) is 97.6 Å². The first-order valence-corrected chi connectivity index (χ1v) is 6.90. The number of hydrogen-bond acceptors (Lipinski definition) is 4. The number of carbonyl (C=O) groups is 2. The van der Waals surface area contributed by atoms with Gasteiger partial charge >= 0.3 is 5.97 Å². The molecular weight excluding hydrogens is 324 g/mol. The van der Waals surface area contributed by atoms with E-state index in [1.165, 1.54) is 0 Å². The number of carbonyl (C=O) groups excluding carboxylic acids is 1. The third kappa shape index (κ3) is 4.33. The lowest BCUT2D eigenvalue weighted by Crippen LogP contribution is -2.32. The highest BCUT2D eigenvalue weighted by molar-refractivity contribution is 6.30. The van der Waals surface area contributed by atoms with Gasteiger partial charge in [-0.2, -0.15) is 4.73 Å². The molecule has 1 aromatic carbocycles. The highest BCUT2D eigenvalue weighted by Crippen LogP contribution is 2.19. The van der Waals surface area contributed by atoms with E-state index < -0.39 is 24.0 Å². The zero-order valence-electron chi connectivity index (χ0n) is 12.1. The Hall–Kier alpha value is -2.80. The molecule has 2 N–H and O–H groups in total. The third-order valence-electron chi connectivity index (χ3n) is 2.92. The number of halogens is 1. The summed E-state index contributed by atoms with van der Waals surface area (Å²) in [7, 11) is 0. The summed E-state index contributed by atoms with van der Waals surface area (Å²) >= 11 is 5.83. The van der Waals surface area contributed by atoms with E-state index >= 15 is 0 Å². The summed E-state index contributed by atoms with van der Waals surface area (Å²) < 4.78 is 0.706. The molecule has 120 valence electrons. The van der Waals surface area contributed by atoms with Crippen LogP contribution in [0.2, 0.25) is 5.02 Å². The van der Waals surface area contributed by atoms with Gasteiger partial charge in [0.15, 0.2) is 6.61 Å². The number of amides is 1. The predicted molar refractivity (Wildman–Crippen MR) is 83.9 cm³/mol. The van der Waals surface area contributed by atoms with Crippen molar-refractivity contribution in [2.45, 2.75) is 6.92 Å². The molecule has 7 nitrogen and oxygen atoms in total. The Morgan fingerprint density at radius 1 is 1.30 bits per heavy atom. The molecule has 0 spiro atoms. The zero-order valence-corrected chi connectivity index (χ0v) is 12.8. The fourth-order valence-corrected chi connectivity index (χ4v) is 2.00. The molecule has 23 heavy (non-hydrogen) atoms. The molecule has 8 heteroatoms. The van der Waals surface area contributed by atoms with Crippen LogP contribution in [0.4, 0.5) is 5.69 Å². The zero-order chi connectivity index (χ0) is 17.0. The molecule has 0 radical (unpaired) electrons. The number of rotatable bonds is 5. The van der Waals surface area contributed by atoms with E-state index in [0.29, 0.717) is 15.4 Å². The van der Waals surface area contributed by atoms with Crippen molar-refractivity contribution in [1.82, 2.24) is 4.73 Å². The Bertz CT molecular complexity index is 816. The van der Waals surface area contributed by atoms with Gasteiger partial charge in [-0.15, -0.1) is 0 Å². The molecule has 0 fully saturated rings. The summed E-state index contributed by atoms with van der Waals surface area (Å²) in [5.41, 5.74) is 0.634. The van der Waals surface area contributed by atoms with E-state index in [1.54, 1.807) is 25.1 Å². The molecule has 0 aliphatic heterocycles. The van der Waals surface area contributed by atoms with Crippen molar-refractivity contribution in [3.8, 4) is 0 Å². The number of anilines is 1. The number of hydrogen-bond donors (Lipinski definition) is 2. The standard InChI is InChI=1S/C15H13ClN2O5/c1-9-6-11(16)3-4-12(9)17-13(19)8-23-18-7-10(15(21)22)2-5-14(18)20/h2-7H,8H2,1H3,(H,17,19)(H,21,22). The number of pyridine rings is 1. The number of nitrogens with zero attached hydrogens (tertiary/aromatic N) is 1. The largest absolute Gasteiger partial charge is 0.478 e. The summed E-state index contributed by atoms with van der Waals surface area (Å²) in [5, 5.41) is 12.0. The second kappa shape index (κ2) is 6.97. The average molecular weight is 337 g/mol. The lowest BCUT2D eigenvalue weighted by Gasteiger charge is -2.11. The van der Waals surface area contributed by atoms with Crippen molar-refractivity contribution in [3.05, 3.63) is 63.0 Å². The normalized spacial score (nSPS) is 10.2. The lowest BCUT2D eigenvalue weighted by atomic mass is 10.2. The number of carboxylic acids is 1. The minimum atomic E-state index is -1.21. The number of nitrogens with one attached hydrogen (secondary N) is 1. The number of carboxylic acid groups (broad SMARTS) is 1. The molecule has 1 heterocycles. The third-order valence-corrected chi connectivity index (χ3v) is 3.16. The Balaban J connectivity index is 2.03. The maximum atomic E-state index is 11.9. The van der Waals surface area contributed by atoms with Gasteiger partial charge in [0.1, 0.15) is 0 Å². The van der Waals surface area contributed by atoms with Crippen molar-refractivity contribution in [2.75, 3.05) is 11.9 Å². The Kier molecular flexibility index (Phi) is 5.02. The van der Waals surface area contributed by atoms with Crippen molar-refractivity contribution in [2.24, 2.45) is 0 Å². The van der Waals surface area contributed by atoms with Gasteiger partial charge in [-0.05, 0) is 36.8 Å². The van der Waals surface area contributed by atoms with Gasteiger partial charge in [-0.3, -0.25) is 9.59 Å². The van der Waals surface area contributed by atoms with Crippen LogP contribution in [-0.2, 0) is 4.79 Å². The molecular formula is C15H13ClN2O5. The number of aromatic nitrogens is 1. The maximum absolute atomic E-state index is 11.9. The van der Waals surface area contributed by atoms with E-state index in [4.69, 9.17) is 21.5 Å². The van der Waals surface area contributed by atoms with Crippen LogP contribution in [0.3, 0.4) is 0 Å². The fourth-order valence-electron chi connectivity index (χ4n) is 1.78. The van der Waals surface area contributed by atoms with E-state index in [9.17, 15) is 14.4 Å². The molecule has 0 unspecified atom stereocenters. The van der Waals surface area contributed by atoms with Gasteiger partial charge in [0, 0.05) is 16.8 Å². The number of aryl methyl sites for hydroxylation is 1. The molecule has 2 rings (SSSR count). The molecule has 0 aliphatic rings. The molecule has 0 atom stereocenters. The SMILES string of the molecule is Cc1cc(Cl)ccc1NC(=O)COn1cc(C(=O)O)ccc1=O. The van der Waals surface area contributed by atoms with Gasteiger partial charge in [-0.1, -0.05) is 11.6 Å². The van der Waals surface area contributed by atoms with Gasteiger partial charge in [0.25, 0.3) is 11.5 Å². The Labute approximate surface area is 136 Å². The minimum Gasteiger partial charge on any atom is -0.478 e. The van der Waals surface area contributed by atoms with Crippen LogP contribution >= 0.6 is 11.6 Å². The van der Waals surface area contributed by atoms with Crippen molar-refractivity contribution < 1.29 is 19.5 Å². The number of benzene rings is 1. The Morgan fingerprint density at radius 3 is 2.70 bits per heavy atom. The van der Waals surface area contributed by atoms with Crippen LogP contribution in [0.15, 0.2) is 41.3 Å². The van der Waals surface area contributed by atoms with Crippen LogP contribution in [0.5, 0.6) is 0 Å². The van der Waals surface area contributed by atoms with Gasteiger partial charge < -0.3 is 15.3 Å². The van der Waals surface area contributed by atoms with Crippen LogP contribution in [0.1, 0.15) is 15.9 Å². The van der Waals surface area contributed by atoms with Crippen LogP contribution in [-0.4, -0.2) is 28.3 Å². The first-order chi connectivity index (χ1) is 10.9. The second-order valence-corrected chi connectivity index (χ2v) is 5.10. The highest BCUT2D eigenvalue weighted by atomic mass is 35.5.